The zero-order chi connectivity index (χ0) is 21.8. The van der Waals surface area contributed by atoms with Crippen molar-refractivity contribution in [3.8, 4) is 0 Å². The normalized spacial score (nSPS) is 15.6. The number of carbonyl (C=O) groups excluding carboxylic acids is 3. The molecule has 7 heteroatoms. The fourth-order valence-electron chi connectivity index (χ4n) is 3.43. The van der Waals surface area contributed by atoms with Gasteiger partial charge in [-0.25, -0.2) is 0 Å². The first-order chi connectivity index (χ1) is 15.0. The first kappa shape index (κ1) is 20.8. The van der Waals surface area contributed by atoms with Gasteiger partial charge in [0.2, 0.25) is 11.8 Å². The number of halogens is 1. The van der Waals surface area contributed by atoms with Gasteiger partial charge in [-0.1, -0.05) is 34.1 Å². The maximum Gasteiger partial charge on any atom is 0.255 e. The molecule has 3 aromatic carbocycles. The van der Waals surface area contributed by atoms with Crippen molar-refractivity contribution in [2.75, 3.05) is 22.1 Å². The average molecular weight is 478 g/mol. The van der Waals surface area contributed by atoms with Crippen LogP contribution in [-0.2, 0) is 9.59 Å². The zero-order valence-electron chi connectivity index (χ0n) is 16.5. The highest BCUT2D eigenvalue weighted by molar-refractivity contribution is 9.10. The molecule has 0 aliphatic carbocycles. The van der Waals surface area contributed by atoms with E-state index in [-0.39, 0.29) is 24.1 Å². The Hall–Kier alpha value is -3.45. The van der Waals surface area contributed by atoms with E-state index in [1.54, 1.807) is 41.3 Å². The van der Waals surface area contributed by atoms with Crippen LogP contribution in [0.2, 0.25) is 0 Å². The van der Waals surface area contributed by atoms with Crippen molar-refractivity contribution in [2.24, 2.45) is 5.92 Å². The van der Waals surface area contributed by atoms with Crippen molar-refractivity contribution in [2.45, 2.75) is 6.42 Å². The van der Waals surface area contributed by atoms with Crippen molar-refractivity contribution in [3.05, 3.63) is 88.9 Å². The highest BCUT2D eigenvalue weighted by Crippen LogP contribution is 2.26. The van der Waals surface area contributed by atoms with Crippen molar-refractivity contribution < 1.29 is 14.4 Å². The van der Waals surface area contributed by atoms with E-state index in [0.29, 0.717) is 23.5 Å². The Balaban J connectivity index is 1.35. The molecule has 3 amide bonds. The lowest BCUT2D eigenvalue weighted by Crippen LogP contribution is -2.28. The molecule has 6 nitrogen and oxygen atoms in total. The summed E-state index contributed by atoms with van der Waals surface area (Å²) in [5.41, 5.74) is 2.55. The molecule has 1 aliphatic rings. The van der Waals surface area contributed by atoms with Crippen molar-refractivity contribution in [1.29, 1.82) is 0 Å². The van der Waals surface area contributed by atoms with Crippen LogP contribution in [-0.4, -0.2) is 24.3 Å². The van der Waals surface area contributed by atoms with Gasteiger partial charge in [0, 0.05) is 40.1 Å². The molecule has 1 fully saturated rings. The second kappa shape index (κ2) is 9.14. The van der Waals surface area contributed by atoms with Gasteiger partial charge < -0.3 is 15.5 Å². The van der Waals surface area contributed by atoms with E-state index in [1.165, 1.54) is 0 Å². The minimum atomic E-state index is -0.423. The fourth-order valence-corrected chi connectivity index (χ4v) is 3.69. The van der Waals surface area contributed by atoms with Gasteiger partial charge in [0.1, 0.15) is 0 Å². The molecule has 1 unspecified atom stereocenters. The van der Waals surface area contributed by atoms with Crippen molar-refractivity contribution >= 4 is 50.7 Å². The molecule has 1 atom stereocenters. The lowest BCUT2D eigenvalue weighted by Gasteiger charge is -2.16. The van der Waals surface area contributed by atoms with Crippen LogP contribution in [0.5, 0.6) is 0 Å². The van der Waals surface area contributed by atoms with Crippen LogP contribution in [0.4, 0.5) is 17.1 Å². The summed E-state index contributed by atoms with van der Waals surface area (Å²) in [5, 5.41) is 5.67. The fraction of sp³-hybridized carbons (Fsp3) is 0.125. The molecule has 31 heavy (non-hydrogen) atoms. The summed E-state index contributed by atoms with van der Waals surface area (Å²) in [6.07, 6.45) is 0.175. The molecule has 0 bridgehead atoms. The van der Waals surface area contributed by atoms with Gasteiger partial charge in [-0.3, -0.25) is 14.4 Å². The number of benzene rings is 3. The average Bonchev–Trinajstić information content (AvgIpc) is 3.18. The second-order valence-corrected chi connectivity index (χ2v) is 8.18. The number of nitrogens with zero attached hydrogens (tertiary/aromatic N) is 1. The molecular weight excluding hydrogens is 458 g/mol. The standard InChI is InChI=1S/C24H20BrN3O3/c25-18-8-12-20(13-9-18)26-23(30)16-6-10-19(11-7-16)27-24(31)17-14-22(29)28(15-17)21-4-2-1-3-5-21/h1-13,17H,14-15H2,(H,26,30)(H,27,31). The topological polar surface area (TPSA) is 78.5 Å². The maximum atomic E-state index is 12.7. The van der Waals surface area contributed by atoms with Gasteiger partial charge in [-0.05, 0) is 60.7 Å². The van der Waals surface area contributed by atoms with E-state index >= 15 is 0 Å². The minimum Gasteiger partial charge on any atom is -0.326 e. The van der Waals surface area contributed by atoms with Gasteiger partial charge in [-0.15, -0.1) is 0 Å². The first-order valence-electron chi connectivity index (χ1n) is 9.83. The summed E-state index contributed by atoms with van der Waals surface area (Å²) < 4.78 is 0.932. The molecular formula is C24H20BrN3O3. The predicted octanol–water partition coefficient (Wildman–Crippen LogP) is 4.69. The predicted molar refractivity (Wildman–Crippen MR) is 124 cm³/mol. The molecule has 1 saturated heterocycles. The number of rotatable bonds is 5. The Bertz CT molecular complexity index is 1100. The van der Waals surface area contributed by atoms with Crippen molar-refractivity contribution in [1.82, 2.24) is 0 Å². The number of anilines is 3. The maximum absolute atomic E-state index is 12.7. The number of nitrogens with one attached hydrogen (secondary N) is 2. The summed E-state index contributed by atoms with van der Waals surface area (Å²) in [7, 11) is 0. The highest BCUT2D eigenvalue weighted by Gasteiger charge is 2.35. The minimum absolute atomic E-state index is 0.0636. The Morgan fingerprint density at radius 2 is 1.45 bits per heavy atom. The summed E-state index contributed by atoms with van der Waals surface area (Å²) in [4.78, 5) is 39.0. The van der Waals surface area contributed by atoms with Crippen LogP contribution < -0.4 is 15.5 Å². The first-order valence-corrected chi connectivity index (χ1v) is 10.6. The third kappa shape index (κ3) is 5.00. The Labute approximate surface area is 188 Å². The van der Waals surface area contributed by atoms with Crippen LogP contribution in [0.25, 0.3) is 0 Å². The SMILES string of the molecule is O=C(Nc1ccc(Br)cc1)c1ccc(NC(=O)C2CC(=O)N(c3ccccc3)C2)cc1. The van der Waals surface area contributed by atoms with Gasteiger partial charge in [-0.2, -0.15) is 0 Å². The third-order valence-electron chi connectivity index (χ3n) is 5.08. The van der Waals surface area contributed by atoms with Crippen molar-refractivity contribution in [3.63, 3.8) is 0 Å². The van der Waals surface area contributed by atoms with E-state index in [2.05, 4.69) is 26.6 Å². The molecule has 156 valence electrons. The second-order valence-electron chi connectivity index (χ2n) is 7.27. The smallest absolute Gasteiger partial charge is 0.255 e. The quantitative estimate of drug-likeness (QED) is 0.559. The number of carbonyl (C=O) groups is 3. The van der Waals surface area contributed by atoms with Gasteiger partial charge >= 0.3 is 0 Å². The zero-order valence-corrected chi connectivity index (χ0v) is 18.1. The Morgan fingerprint density at radius 3 is 2.13 bits per heavy atom. The van der Waals surface area contributed by atoms with E-state index < -0.39 is 5.92 Å². The molecule has 1 aliphatic heterocycles. The molecule has 2 N–H and O–H groups in total. The number of para-hydroxylation sites is 1. The number of amides is 3. The van der Waals surface area contributed by atoms with E-state index in [1.807, 2.05) is 42.5 Å². The van der Waals surface area contributed by atoms with E-state index in [9.17, 15) is 14.4 Å². The molecule has 0 saturated carbocycles. The molecule has 0 radical (unpaired) electrons. The van der Waals surface area contributed by atoms with Gasteiger partial charge in [0.25, 0.3) is 5.91 Å². The van der Waals surface area contributed by atoms with Crippen LogP contribution in [0, 0.1) is 5.92 Å². The third-order valence-corrected chi connectivity index (χ3v) is 5.61. The number of hydrogen-bond donors (Lipinski definition) is 2. The van der Waals surface area contributed by atoms with Crippen LogP contribution >= 0.6 is 15.9 Å². The molecule has 0 spiro atoms. The lowest BCUT2D eigenvalue weighted by molar-refractivity contribution is -0.122. The van der Waals surface area contributed by atoms with Crippen LogP contribution in [0.15, 0.2) is 83.3 Å². The number of hydrogen-bond acceptors (Lipinski definition) is 3. The molecule has 4 rings (SSSR count). The highest BCUT2D eigenvalue weighted by atomic mass is 79.9. The molecule has 0 aromatic heterocycles. The Kier molecular flexibility index (Phi) is 6.13. The lowest BCUT2D eigenvalue weighted by atomic mass is 10.1. The monoisotopic (exact) mass is 477 g/mol. The summed E-state index contributed by atoms with van der Waals surface area (Å²) >= 11 is 3.36. The van der Waals surface area contributed by atoms with Crippen LogP contribution in [0.1, 0.15) is 16.8 Å². The summed E-state index contributed by atoms with van der Waals surface area (Å²) in [6, 6.07) is 23.3. The summed E-state index contributed by atoms with van der Waals surface area (Å²) in [5.74, 6) is -0.932. The van der Waals surface area contributed by atoms with E-state index in [0.717, 1.165) is 10.2 Å². The molecule has 3 aromatic rings. The Morgan fingerprint density at radius 1 is 0.839 bits per heavy atom. The van der Waals surface area contributed by atoms with Gasteiger partial charge in [0.05, 0.1) is 5.92 Å². The van der Waals surface area contributed by atoms with Gasteiger partial charge in [0.15, 0.2) is 0 Å². The molecule has 1 heterocycles. The summed E-state index contributed by atoms with van der Waals surface area (Å²) in [6.45, 7) is 0.350. The largest absolute Gasteiger partial charge is 0.326 e. The van der Waals surface area contributed by atoms with E-state index in [4.69, 9.17) is 0 Å². The van der Waals surface area contributed by atoms with Crippen LogP contribution in [0.3, 0.4) is 0 Å².